The molecule has 2 rings (SSSR count). The van der Waals surface area contributed by atoms with Crippen LogP contribution in [0.25, 0.3) is 0 Å². The molecule has 0 radical (unpaired) electrons. The summed E-state index contributed by atoms with van der Waals surface area (Å²) in [6.45, 7) is 12.3. The average molecular weight is 224 g/mol. The molecule has 2 aliphatic rings. The highest BCUT2D eigenvalue weighted by Crippen LogP contribution is 2.52. The van der Waals surface area contributed by atoms with Crippen LogP contribution in [0, 0.1) is 23.7 Å². The first-order valence-corrected chi connectivity index (χ1v) is 6.69. The highest BCUT2D eigenvalue weighted by Gasteiger charge is 2.62. The van der Waals surface area contributed by atoms with E-state index in [0.29, 0.717) is 29.8 Å². The van der Waals surface area contributed by atoms with Crippen LogP contribution in [-0.4, -0.2) is 32.2 Å². The zero-order chi connectivity index (χ0) is 12.1. The van der Waals surface area contributed by atoms with Gasteiger partial charge in [-0.1, -0.05) is 34.6 Å². The summed E-state index contributed by atoms with van der Waals surface area (Å²) in [6.07, 6.45) is 0.321. The van der Waals surface area contributed by atoms with Crippen molar-refractivity contribution in [2.45, 2.75) is 52.3 Å². The molecular formula is C13H25BO2. The Balaban J connectivity index is 2.31. The van der Waals surface area contributed by atoms with Crippen LogP contribution < -0.4 is 0 Å². The molecule has 0 saturated carbocycles. The van der Waals surface area contributed by atoms with Crippen molar-refractivity contribution in [2.75, 3.05) is 6.61 Å². The van der Waals surface area contributed by atoms with Gasteiger partial charge >= 0.3 is 0 Å². The van der Waals surface area contributed by atoms with Crippen LogP contribution in [0.15, 0.2) is 0 Å². The summed E-state index contributed by atoms with van der Waals surface area (Å²) in [5.41, 5.74) is -0.0214. The van der Waals surface area contributed by atoms with E-state index in [0.717, 1.165) is 6.61 Å². The van der Waals surface area contributed by atoms with Crippen molar-refractivity contribution in [3.8, 4) is 0 Å². The van der Waals surface area contributed by atoms with E-state index in [9.17, 15) is 0 Å². The summed E-state index contributed by atoms with van der Waals surface area (Å²) in [7, 11) is 2.16. The molecular weight excluding hydrogens is 199 g/mol. The van der Waals surface area contributed by atoms with Gasteiger partial charge in [-0.05, 0) is 17.8 Å². The third-order valence-electron chi connectivity index (χ3n) is 4.78. The Hall–Kier alpha value is -0.0151. The van der Waals surface area contributed by atoms with Gasteiger partial charge in [0, 0.05) is 5.92 Å². The first kappa shape index (κ1) is 12.4. The SMILES string of the molecule is B[C@@H]1O[C@@]2(C(C)C(C)C)CO[C@H]1C2C(C)C. The van der Waals surface area contributed by atoms with Crippen molar-refractivity contribution in [3.63, 3.8) is 0 Å². The molecule has 92 valence electrons. The van der Waals surface area contributed by atoms with E-state index in [1.165, 1.54) is 0 Å². The van der Waals surface area contributed by atoms with Crippen molar-refractivity contribution in [3.05, 3.63) is 0 Å². The third kappa shape index (κ3) is 1.55. The molecule has 0 amide bonds. The molecule has 0 aromatic heterocycles. The molecule has 2 nitrogen and oxygen atoms in total. The van der Waals surface area contributed by atoms with E-state index in [1.54, 1.807) is 0 Å². The molecule has 16 heavy (non-hydrogen) atoms. The number of hydrogen-bond donors (Lipinski definition) is 0. The van der Waals surface area contributed by atoms with Gasteiger partial charge in [-0.2, -0.15) is 0 Å². The maximum Gasteiger partial charge on any atom is 0.142 e. The van der Waals surface area contributed by atoms with Crippen molar-refractivity contribution in [1.82, 2.24) is 0 Å². The predicted octanol–water partition coefficient (Wildman–Crippen LogP) is 1.68. The van der Waals surface area contributed by atoms with Crippen LogP contribution in [0.1, 0.15) is 34.6 Å². The Labute approximate surface area is 100 Å². The molecule has 3 heteroatoms. The minimum atomic E-state index is -0.0214. The first-order chi connectivity index (χ1) is 7.40. The summed E-state index contributed by atoms with van der Waals surface area (Å²) in [5, 5.41) is 0. The zero-order valence-electron chi connectivity index (χ0n) is 11.5. The van der Waals surface area contributed by atoms with E-state index >= 15 is 0 Å². The van der Waals surface area contributed by atoms with Crippen molar-refractivity contribution in [2.24, 2.45) is 23.7 Å². The minimum absolute atomic E-state index is 0.0214. The second-order valence-corrected chi connectivity index (χ2v) is 6.36. The van der Waals surface area contributed by atoms with Crippen LogP contribution in [0.3, 0.4) is 0 Å². The van der Waals surface area contributed by atoms with Gasteiger partial charge in [-0.25, -0.2) is 0 Å². The van der Waals surface area contributed by atoms with Gasteiger partial charge in [0.05, 0.1) is 24.3 Å². The minimum Gasteiger partial charge on any atom is -0.375 e. The summed E-state index contributed by atoms with van der Waals surface area (Å²) in [4.78, 5) is 0. The maximum absolute atomic E-state index is 6.32. The van der Waals surface area contributed by atoms with Gasteiger partial charge in [0.15, 0.2) is 0 Å². The van der Waals surface area contributed by atoms with E-state index < -0.39 is 0 Å². The van der Waals surface area contributed by atoms with E-state index in [-0.39, 0.29) is 11.6 Å². The second kappa shape index (κ2) is 4.02. The Bertz CT molecular complexity index is 267. The van der Waals surface area contributed by atoms with Gasteiger partial charge in [0.2, 0.25) is 0 Å². The number of ether oxygens (including phenoxy) is 2. The Kier molecular flexibility index (Phi) is 3.13. The lowest BCUT2D eigenvalue weighted by Gasteiger charge is -2.40. The largest absolute Gasteiger partial charge is 0.375 e. The van der Waals surface area contributed by atoms with E-state index in [1.807, 2.05) is 0 Å². The molecule has 0 aliphatic carbocycles. The molecule has 0 aromatic carbocycles. The average Bonchev–Trinajstić information content (AvgIpc) is 2.69. The number of fused-ring (bicyclic) bond motifs is 2. The normalized spacial score (nSPS) is 44.6. The van der Waals surface area contributed by atoms with E-state index in [2.05, 4.69) is 42.5 Å². The van der Waals surface area contributed by atoms with Gasteiger partial charge < -0.3 is 9.47 Å². The van der Waals surface area contributed by atoms with E-state index in [4.69, 9.17) is 9.47 Å². The molecule has 0 N–H and O–H groups in total. The maximum atomic E-state index is 6.32. The van der Waals surface area contributed by atoms with Crippen LogP contribution in [0.4, 0.5) is 0 Å². The molecule has 5 atom stereocenters. The smallest absolute Gasteiger partial charge is 0.142 e. The van der Waals surface area contributed by atoms with Crippen LogP contribution in [0.5, 0.6) is 0 Å². The summed E-state index contributed by atoms with van der Waals surface area (Å²) in [6, 6.07) is 0.266. The van der Waals surface area contributed by atoms with Crippen LogP contribution in [0.2, 0.25) is 0 Å². The lowest BCUT2D eigenvalue weighted by Crippen LogP contribution is -2.47. The van der Waals surface area contributed by atoms with Crippen LogP contribution in [-0.2, 0) is 9.47 Å². The predicted molar refractivity (Wildman–Crippen MR) is 68.2 cm³/mol. The molecule has 2 saturated heterocycles. The molecule has 2 heterocycles. The summed E-state index contributed by atoms with van der Waals surface area (Å²) in [5.74, 6) is 2.42. The fourth-order valence-electron chi connectivity index (χ4n) is 3.71. The molecule has 2 fully saturated rings. The van der Waals surface area contributed by atoms with Crippen LogP contribution >= 0.6 is 0 Å². The topological polar surface area (TPSA) is 18.5 Å². The Morgan fingerprint density at radius 1 is 1.19 bits per heavy atom. The summed E-state index contributed by atoms with van der Waals surface area (Å²) < 4.78 is 12.3. The Morgan fingerprint density at radius 2 is 1.81 bits per heavy atom. The van der Waals surface area contributed by atoms with Gasteiger partial charge in [0.25, 0.3) is 0 Å². The molecule has 2 unspecified atom stereocenters. The number of rotatable bonds is 3. The lowest BCUT2D eigenvalue weighted by molar-refractivity contribution is -0.146. The highest BCUT2D eigenvalue weighted by atomic mass is 16.6. The Morgan fingerprint density at radius 3 is 2.25 bits per heavy atom. The molecule has 0 spiro atoms. The first-order valence-electron chi connectivity index (χ1n) is 6.69. The second-order valence-electron chi connectivity index (χ2n) is 6.36. The van der Waals surface area contributed by atoms with Crippen molar-refractivity contribution < 1.29 is 9.47 Å². The van der Waals surface area contributed by atoms with Crippen molar-refractivity contribution >= 4 is 7.85 Å². The molecule has 2 bridgehead atoms. The third-order valence-corrected chi connectivity index (χ3v) is 4.78. The molecule has 2 aliphatic heterocycles. The quantitative estimate of drug-likeness (QED) is 0.679. The fraction of sp³-hybridized carbons (Fsp3) is 1.00. The standard InChI is InChI=1S/C13H25BO2/c1-7(2)9(5)13-6-15-11(12(14)16-13)10(13)8(3)4/h7-12H,6,14H2,1-5H3/t9?,10?,11-,12+,13+/m0/s1. The molecule has 0 aromatic rings. The lowest BCUT2D eigenvalue weighted by atomic mass is 9.69. The highest BCUT2D eigenvalue weighted by molar-refractivity contribution is 6.11. The van der Waals surface area contributed by atoms with Gasteiger partial charge in [-0.15, -0.1) is 0 Å². The number of hydrogen-bond acceptors (Lipinski definition) is 2. The van der Waals surface area contributed by atoms with Crippen molar-refractivity contribution in [1.29, 1.82) is 0 Å². The zero-order valence-corrected chi connectivity index (χ0v) is 11.5. The fourth-order valence-corrected chi connectivity index (χ4v) is 3.71. The monoisotopic (exact) mass is 224 g/mol. The van der Waals surface area contributed by atoms with Gasteiger partial charge in [-0.3, -0.25) is 0 Å². The summed E-state index contributed by atoms with van der Waals surface area (Å²) >= 11 is 0. The van der Waals surface area contributed by atoms with Gasteiger partial charge in [0.1, 0.15) is 7.85 Å².